The zero-order valence-electron chi connectivity index (χ0n) is 29.2. The standard InChI is InChI=1S/2C10H11N3O3.2C5H8O2.2CH4O.2Er/c2*1-7(13-16)10(15)12-11-6-8-4-2-3-5-9(8)14;2*1-4(6)3-5(2)7;2*1-2;;/h2*2-6,14,16H,1H3,(H,12,15);2*3,6H,1-2H3;2*2H,1H3;;/q;;;;;;2*+3/p-6/b2*11-6+,13-7+;2*4-3-;;;;. The second-order valence-corrected chi connectivity index (χ2v) is 8.48. The first-order valence-corrected chi connectivity index (χ1v) is 13.6. The van der Waals surface area contributed by atoms with Crippen LogP contribution < -0.4 is 30.6 Å². The molecular formula is C32H40Er2N6O12. The third-order valence-electron chi connectivity index (χ3n) is 4.26. The van der Waals surface area contributed by atoms with Crippen molar-refractivity contribution in [2.24, 2.45) is 30.7 Å². The van der Waals surface area contributed by atoms with Crippen LogP contribution in [0.15, 0.2) is 103 Å². The minimum absolute atomic E-state index is 0. The molecule has 2 rings (SSSR count). The molecule has 0 saturated carbocycles. The Morgan fingerprint density at radius 2 is 0.827 bits per heavy atom. The van der Waals surface area contributed by atoms with Gasteiger partial charge in [-0.1, -0.05) is 84.2 Å². The molecule has 2 radical (unpaired) electrons. The summed E-state index contributed by atoms with van der Waals surface area (Å²) in [5, 5.41) is 114. The van der Waals surface area contributed by atoms with Crippen LogP contribution in [0.3, 0.4) is 0 Å². The molecule has 0 aliphatic carbocycles. The van der Waals surface area contributed by atoms with E-state index in [9.17, 15) is 40.2 Å². The summed E-state index contributed by atoms with van der Waals surface area (Å²) in [6.07, 6.45) is 4.45. The Morgan fingerprint density at radius 3 is 1.02 bits per heavy atom. The molecule has 0 fully saturated rings. The van der Waals surface area contributed by atoms with Crippen molar-refractivity contribution in [3.8, 4) is 11.5 Å². The molecule has 0 saturated heterocycles. The van der Waals surface area contributed by atoms with E-state index in [1.54, 1.807) is 36.4 Å². The number of hydrogen-bond acceptors (Lipinski definition) is 18. The number of benzene rings is 2. The molecule has 20 heteroatoms. The minimum Gasteiger partial charge on any atom is -0.876 e. The van der Waals surface area contributed by atoms with Crippen molar-refractivity contribution in [1.29, 1.82) is 0 Å². The average Bonchev–Trinajstić information content (AvgIpc) is 3.07. The van der Waals surface area contributed by atoms with Gasteiger partial charge < -0.3 is 51.3 Å². The number of carbonyl (C=O) groups excluding carboxylic acids is 2. The van der Waals surface area contributed by atoms with E-state index in [1.165, 1.54) is 66.1 Å². The predicted octanol–water partition coefficient (Wildman–Crippen LogP) is -1.70. The van der Waals surface area contributed by atoms with Gasteiger partial charge in [0.15, 0.2) is 11.6 Å². The number of nitrogens with zero attached hydrogens (tertiary/aromatic N) is 6. The molecule has 52 heavy (non-hydrogen) atoms. The van der Waals surface area contributed by atoms with Crippen LogP contribution in [-0.2, 0) is 9.59 Å². The molecule has 18 nitrogen and oxygen atoms in total. The molecule has 0 atom stereocenters. The molecule has 0 amide bonds. The Morgan fingerprint density at radius 1 is 0.558 bits per heavy atom. The number of rotatable bonds is 8. The Balaban J connectivity index is -0.000000137. The van der Waals surface area contributed by atoms with E-state index in [4.69, 9.17) is 20.6 Å². The van der Waals surface area contributed by atoms with E-state index in [0.29, 0.717) is 11.1 Å². The van der Waals surface area contributed by atoms with E-state index < -0.39 is 11.8 Å². The molecule has 0 aromatic heterocycles. The van der Waals surface area contributed by atoms with Crippen molar-refractivity contribution in [2.45, 2.75) is 41.5 Å². The summed E-state index contributed by atoms with van der Waals surface area (Å²) in [4.78, 5) is 20.0. The molecule has 0 spiro atoms. The van der Waals surface area contributed by atoms with Crippen molar-refractivity contribution in [1.82, 2.24) is 0 Å². The Kier molecular flexibility index (Phi) is 46.2. The molecule has 294 valence electrons. The summed E-state index contributed by atoms with van der Waals surface area (Å²) in [5.74, 6) is -2.69. The molecule has 0 aliphatic rings. The maximum Gasteiger partial charge on any atom is 3.00 e. The van der Waals surface area contributed by atoms with Crippen LogP contribution >= 0.6 is 0 Å². The second-order valence-electron chi connectivity index (χ2n) is 8.48. The topological polar surface area (TPSA) is 328 Å². The Hall–Kier alpha value is -3.91. The Labute approximate surface area is 360 Å². The molecule has 2 aromatic rings. The van der Waals surface area contributed by atoms with E-state index >= 15 is 0 Å². The van der Waals surface area contributed by atoms with Gasteiger partial charge in [0.2, 0.25) is 0 Å². The van der Waals surface area contributed by atoms with Gasteiger partial charge in [0.25, 0.3) is 0 Å². The Bertz CT molecular complexity index is 1420. The van der Waals surface area contributed by atoms with Gasteiger partial charge in [0, 0.05) is 26.0 Å². The smallest absolute Gasteiger partial charge is 0.876 e. The molecule has 4 N–H and O–H groups in total. The largest absolute Gasteiger partial charge is 3.00 e. The molecule has 0 bridgehead atoms. The van der Waals surface area contributed by atoms with Crippen molar-refractivity contribution in [3.63, 3.8) is 0 Å². The van der Waals surface area contributed by atoms with Crippen molar-refractivity contribution in [3.05, 3.63) is 83.3 Å². The number of para-hydroxylation sites is 2. The van der Waals surface area contributed by atoms with E-state index in [-0.39, 0.29) is 121 Å². The third kappa shape index (κ3) is 37.4. The SMILES string of the molecule is CC(=N\O)/C([O-])=N/N=C/c1ccccc1[O-].CC(=N\O)/C([O-])=N/N=C/c1ccccc1[O-].CC(=O)/C=C(/C)[O-].CC(=O)/C=C(/C)[O-].CO.CO.[Er+3].[Er+3]. The van der Waals surface area contributed by atoms with Crippen molar-refractivity contribution in [2.75, 3.05) is 14.2 Å². The average molecular weight is 1040 g/mol. The van der Waals surface area contributed by atoms with Crippen molar-refractivity contribution < 1.29 is 135 Å². The maximum absolute atomic E-state index is 11.2. The summed E-state index contributed by atoms with van der Waals surface area (Å²) in [6, 6.07) is 12.4. The second kappa shape index (κ2) is 39.9. The maximum atomic E-state index is 11.2. The first kappa shape index (κ1) is 60.2. The van der Waals surface area contributed by atoms with Gasteiger partial charge in [-0.05, 0) is 51.0 Å². The molecular weight excluding hydrogens is 995 g/mol. The van der Waals surface area contributed by atoms with E-state index in [1.807, 2.05) is 0 Å². The van der Waals surface area contributed by atoms with Gasteiger partial charge >= 0.3 is 74.6 Å². The van der Waals surface area contributed by atoms with Gasteiger partial charge in [-0.15, -0.1) is 11.5 Å². The number of allylic oxidation sites excluding steroid dienone is 4. The number of aliphatic hydroxyl groups is 2. The van der Waals surface area contributed by atoms with Gasteiger partial charge in [-0.25, -0.2) is 0 Å². The fourth-order valence-electron chi connectivity index (χ4n) is 2.26. The van der Waals surface area contributed by atoms with Crippen LogP contribution in [0.25, 0.3) is 0 Å². The summed E-state index contributed by atoms with van der Waals surface area (Å²) in [7, 11) is 2.00. The number of carbonyl (C=O) groups is 2. The summed E-state index contributed by atoms with van der Waals surface area (Å²) >= 11 is 0. The summed E-state index contributed by atoms with van der Waals surface area (Å²) in [5.41, 5.74) is 0.315. The monoisotopic (exact) mass is 1030 g/mol. The quantitative estimate of drug-likeness (QED) is 0.0575. The molecule has 0 unspecified atom stereocenters. The van der Waals surface area contributed by atoms with Crippen LogP contribution in [0.5, 0.6) is 11.5 Å². The minimum atomic E-state index is -0.762. The van der Waals surface area contributed by atoms with Crippen LogP contribution in [0.4, 0.5) is 0 Å². The number of aliphatic hydroxyl groups excluding tert-OH is 2. The van der Waals surface area contributed by atoms with E-state index in [2.05, 4.69) is 30.7 Å². The zero-order chi connectivity index (χ0) is 39.7. The van der Waals surface area contributed by atoms with Crippen LogP contribution in [-0.4, -0.2) is 82.1 Å². The van der Waals surface area contributed by atoms with E-state index in [0.717, 1.165) is 26.4 Å². The summed E-state index contributed by atoms with van der Waals surface area (Å²) in [6.45, 7) is 7.98. The first-order chi connectivity index (χ1) is 23.5. The normalized spacial score (nSPS) is 11.5. The predicted molar refractivity (Wildman–Crippen MR) is 177 cm³/mol. The molecule has 0 aliphatic heterocycles. The number of oxime groups is 2. The fourth-order valence-corrected chi connectivity index (χ4v) is 2.26. The molecule has 0 heterocycles. The van der Waals surface area contributed by atoms with Gasteiger partial charge in [-0.3, -0.25) is 9.59 Å². The van der Waals surface area contributed by atoms with Gasteiger partial charge in [0.05, 0.1) is 23.9 Å². The van der Waals surface area contributed by atoms with Crippen molar-refractivity contribution >= 4 is 47.2 Å². The zero-order valence-corrected chi connectivity index (χ0v) is 32.9. The van der Waals surface area contributed by atoms with Gasteiger partial charge in [0.1, 0.15) is 0 Å². The molecule has 2 aromatic carbocycles. The number of hydrogen-bond donors (Lipinski definition) is 4. The fraction of sp³-hybridized carbons (Fsp3) is 0.250. The number of ketones is 2. The van der Waals surface area contributed by atoms with Gasteiger partial charge in [-0.2, -0.15) is 20.4 Å². The van der Waals surface area contributed by atoms with Crippen LogP contribution in [0.1, 0.15) is 52.7 Å². The summed E-state index contributed by atoms with van der Waals surface area (Å²) < 4.78 is 0. The third-order valence-corrected chi connectivity index (χ3v) is 4.26. The first-order valence-electron chi connectivity index (χ1n) is 13.6. The van der Waals surface area contributed by atoms with Crippen LogP contribution in [0, 0.1) is 74.6 Å². The van der Waals surface area contributed by atoms with Crippen LogP contribution in [0.2, 0.25) is 0 Å².